The molecular formula is C7H16N2O3S. The molecule has 0 aromatic rings. The van der Waals surface area contributed by atoms with Crippen LogP contribution in [0.5, 0.6) is 0 Å². The van der Waals surface area contributed by atoms with E-state index < -0.39 is 9.84 Å². The molecule has 0 rings (SSSR count). The molecule has 0 bridgehead atoms. The zero-order valence-corrected chi connectivity index (χ0v) is 8.56. The van der Waals surface area contributed by atoms with Crippen LogP contribution >= 0.6 is 0 Å². The number of amides is 1. The van der Waals surface area contributed by atoms with Gasteiger partial charge in [-0.15, -0.1) is 0 Å². The molecule has 1 amide bonds. The molecule has 0 spiro atoms. The second kappa shape index (κ2) is 5.93. The van der Waals surface area contributed by atoms with Gasteiger partial charge in [-0.1, -0.05) is 0 Å². The quantitative estimate of drug-likeness (QED) is 0.579. The highest BCUT2D eigenvalue weighted by atomic mass is 32.2. The van der Waals surface area contributed by atoms with Crippen LogP contribution in [-0.2, 0) is 14.6 Å². The minimum Gasteiger partial charge on any atom is -0.359 e. The zero-order chi connectivity index (χ0) is 10.3. The maximum absolute atomic E-state index is 11.2. The summed E-state index contributed by atoms with van der Waals surface area (Å²) < 4.78 is 22.3. The lowest BCUT2D eigenvalue weighted by molar-refractivity contribution is -0.120. The minimum atomic E-state index is -3.09. The monoisotopic (exact) mass is 208 g/mol. The fourth-order valence-electron chi connectivity index (χ4n) is 0.779. The Kier molecular flexibility index (Phi) is 5.65. The predicted octanol–water partition coefficient (Wildman–Crippen LogP) is -1.11. The van der Waals surface area contributed by atoms with E-state index in [1.54, 1.807) is 0 Å². The van der Waals surface area contributed by atoms with Gasteiger partial charge in [-0.2, -0.15) is 0 Å². The number of hydrogen-bond acceptors (Lipinski definition) is 4. The fourth-order valence-corrected chi connectivity index (χ4v) is 2.09. The van der Waals surface area contributed by atoms with Gasteiger partial charge in [0.1, 0.15) is 0 Å². The van der Waals surface area contributed by atoms with Crippen molar-refractivity contribution in [1.29, 1.82) is 0 Å². The van der Waals surface area contributed by atoms with Crippen molar-refractivity contribution in [2.45, 2.75) is 12.8 Å². The third-order valence-corrected chi connectivity index (χ3v) is 3.32. The van der Waals surface area contributed by atoms with Crippen molar-refractivity contribution in [3.05, 3.63) is 0 Å². The molecule has 0 radical (unpaired) electrons. The van der Waals surface area contributed by atoms with Crippen LogP contribution in [0.1, 0.15) is 12.8 Å². The highest BCUT2D eigenvalue weighted by Gasteiger charge is 2.11. The minimum absolute atomic E-state index is 0.0312. The molecule has 0 aromatic heterocycles. The number of carbonyl (C=O) groups excluding carboxylic acids is 1. The lowest BCUT2D eigenvalue weighted by atomic mass is 10.5. The van der Waals surface area contributed by atoms with Crippen LogP contribution in [0.2, 0.25) is 0 Å². The van der Waals surface area contributed by atoms with E-state index in [0.29, 0.717) is 13.0 Å². The molecule has 13 heavy (non-hydrogen) atoms. The number of sulfone groups is 1. The Labute approximate surface area is 78.6 Å². The van der Waals surface area contributed by atoms with Gasteiger partial charge in [0, 0.05) is 13.5 Å². The molecule has 0 heterocycles. The highest BCUT2D eigenvalue weighted by Crippen LogP contribution is 1.96. The van der Waals surface area contributed by atoms with E-state index in [9.17, 15) is 13.2 Å². The Bertz CT molecular complexity index is 248. The van der Waals surface area contributed by atoms with Crippen LogP contribution in [0.4, 0.5) is 0 Å². The van der Waals surface area contributed by atoms with Gasteiger partial charge >= 0.3 is 0 Å². The summed E-state index contributed by atoms with van der Waals surface area (Å²) >= 11 is 0. The first-order valence-electron chi connectivity index (χ1n) is 4.13. The Hall–Kier alpha value is -0.620. The lowest BCUT2D eigenvalue weighted by Crippen LogP contribution is -2.23. The second-order valence-corrected chi connectivity index (χ2v) is 5.02. The standard InChI is InChI=1S/C7H16N2O3S/c1-9-7(10)3-6-13(11,12)5-2-4-8/h2-6,8H2,1H3,(H,9,10). The van der Waals surface area contributed by atoms with Crippen molar-refractivity contribution in [2.24, 2.45) is 5.73 Å². The summed E-state index contributed by atoms with van der Waals surface area (Å²) in [6, 6.07) is 0. The Morgan fingerprint density at radius 3 is 2.46 bits per heavy atom. The van der Waals surface area contributed by atoms with Crippen LogP contribution in [0, 0.1) is 0 Å². The number of nitrogens with two attached hydrogens (primary N) is 1. The lowest BCUT2D eigenvalue weighted by Gasteiger charge is -2.02. The molecular weight excluding hydrogens is 192 g/mol. The molecule has 6 heteroatoms. The molecule has 0 fully saturated rings. The van der Waals surface area contributed by atoms with Crippen molar-refractivity contribution < 1.29 is 13.2 Å². The first-order valence-corrected chi connectivity index (χ1v) is 5.95. The summed E-state index contributed by atoms with van der Waals surface area (Å²) in [7, 11) is -1.61. The maximum atomic E-state index is 11.2. The topological polar surface area (TPSA) is 89.3 Å². The van der Waals surface area contributed by atoms with E-state index >= 15 is 0 Å². The molecule has 0 aliphatic rings. The Balaban J connectivity index is 3.83. The first-order chi connectivity index (χ1) is 6.02. The van der Waals surface area contributed by atoms with E-state index in [-0.39, 0.29) is 23.8 Å². The molecule has 0 aliphatic heterocycles. The van der Waals surface area contributed by atoms with Gasteiger partial charge in [-0.25, -0.2) is 8.42 Å². The summed E-state index contributed by atoms with van der Waals surface area (Å²) in [5.74, 6) is -0.274. The number of nitrogens with one attached hydrogen (secondary N) is 1. The van der Waals surface area contributed by atoms with E-state index in [2.05, 4.69) is 5.32 Å². The predicted molar refractivity (Wildman–Crippen MR) is 51.0 cm³/mol. The van der Waals surface area contributed by atoms with Crippen molar-refractivity contribution in [2.75, 3.05) is 25.1 Å². The van der Waals surface area contributed by atoms with Crippen LogP contribution in [0.15, 0.2) is 0 Å². The zero-order valence-electron chi connectivity index (χ0n) is 7.75. The third-order valence-electron chi connectivity index (χ3n) is 1.58. The van der Waals surface area contributed by atoms with Crippen LogP contribution < -0.4 is 11.1 Å². The van der Waals surface area contributed by atoms with Crippen LogP contribution in [0.3, 0.4) is 0 Å². The van der Waals surface area contributed by atoms with Crippen LogP contribution in [-0.4, -0.2) is 39.4 Å². The van der Waals surface area contributed by atoms with E-state index in [1.165, 1.54) is 7.05 Å². The largest absolute Gasteiger partial charge is 0.359 e. The van der Waals surface area contributed by atoms with Gasteiger partial charge in [0.05, 0.1) is 11.5 Å². The van der Waals surface area contributed by atoms with Gasteiger partial charge in [0.15, 0.2) is 9.84 Å². The average Bonchev–Trinajstić information content (AvgIpc) is 2.11. The van der Waals surface area contributed by atoms with Gasteiger partial charge in [-0.3, -0.25) is 4.79 Å². The molecule has 5 nitrogen and oxygen atoms in total. The fraction of sp³-hybridized carbons (Fsp3) is 0.857. The molecule has 0 aliphatic carbocycles. The summed E-state index contributed by atoms with van der Waals surface area (Å²) in [4.78, 5) is 10.7. The molecule has 3 N–H and O–H groups in total. The second-order valence-electron chi connectivity index (χ2n) is 2.72. The summed E-state index contributed by atoms with van der Waals surface area (Å²) in [6.07, 6.45) is 0.486. The van der Waals surface area contributed by atoms with Gasteiger partial charge in [0.25, 0.3) is 0 Å². The average molecular weight is 208 g/mol. The number of carbonyl (C=O) groups is 1. The Morgan fingerprint density at radius 2 is 2.00 bits per heavy atom. The van der Waals surface area contributed by atoms with E-state index in [1.807, 2.05) is 0 Å². The van der Waals surface area contributed by atoms with Gasteiger partial charge in [-0.05, 0) is 13.0 Å². The number of hydrogen-bond donors (Lipinski definition) is 2. The molecule has 0 unspecified atom stereocenters. The van der Waals surface area contributed by atoms with Crippen molar-refractivity contribution in [1.82, 2.24) is 5.32 Å². The van der Waals surface area contributed by atoms with Crippen molar-refractivity contribution >= 4 is 15.7 Å². The van der Waals surface area contributed by atoms with Gasteiger partial charge < -0.3 is 11.1 Å². The molecule has 78 valence electrons. The molecule has 0 aromatic carbocycles. The van der Waals surface area contributed by atoms with E-state index in [0.717, 1.165) is 0 Å². The third kappa shape index (κ3) is 6.53. The summed E-state index contributed by atoms with van der Waals surface area (Å²) in [5.41, 5.74) is 5.17. The smallest absolute Gasteiger partial charge is 0.220 e. The van der Waals surface area contributed by atoms with Gasteiger partial charge in [0.2, 0.25) is 5.91 Å². The maximum Gasteiger partial charge on any atom is 0.220 e. The van der Waals surface area contributed by atoms with Crippen LogP contribution in [0.25, 0.3) is 0 Å². The van der Waals surface area contributed by atoms with Crippen molar-refractivity contribution in [3.63, 3.8) is 0 Å². The molecule has 0 saturated heterocycles. The SMILES string of the molecule is CNC(=O)CCS(=O)(=O)CCCN. The normalized spacial score (nSPS) is 11.2. The highest BCUT2D eigenvalue weighted by molar-refractivity contribution is 7.91. The molecule has 0 saturated carbocycles. The van der Waals surface area contributed by atoms with E-state index in [4.69, 9.17) is 5.73 Å². The van der Waals surface area contributed by atoms with Crippen molar-refractivity contribution in [3.8, 4) is 0 Å². The molecule has 0 atom stereocenters. The Morgan fingerprint density at radius 1 is 1.38 bits per heavy atom. The number of rotatable bonds is 6. The summed E-state index contributed by atoms with van der Waals surface area (Å²) in [5, 5.41) is 2.37. The summed E-state index contributed by atoms with van der Waals surface area (Å²) in [6.45, 7) is 0.360. The first kappa shape index (κ1) is 12.4.